The van der Waals surface area contributed by atoms with Crippen molar-refractivity contribution in [2.24, 2.45) is 5.14 Å². The Hall–Kier alpha value is -2.29. The van der Waals surface area contributed by atoms with Crippen LogP contribution in [-0.2, 0) is 20.8 Å². The van der Waals surface area contributed by atoms with E-state index in [9.17, 15) is 12.6 Å². The molecule has 0 saturated heterocycles. The van der Waals surface area contributed by atoms with Crippen LogP contribution in [0.3, 0.4) is 0 Å². The van der Waals surface area contributed by atoms with Crippen LogP contribution in [-0.4, -0.2) is 23.5 Å². The number of hydrogen-bond acceptors (Lipinski definition) is 5. The number of benzene rings is 2. The maximum absolute atomic E-state index is 12.6. The van der Waals surface area contributed by atoms with E-state index < -0.39 is 20.8 Å². The third kappa shape index (κ3) is 3.77. The molecule has 0 aliphatic rings. The van der Waals surface area contributed by atoms with Gasteiger partial charge in [-0.1, -0.05) is 54.5 Å². The molecule has 8 heteroatoms. The average molecular weight is 390 g/mol. The first-order chi connectivity index (χ1) is 12.4. The van der Waals surface area contributed by atoms with Crippen molar-refractivity contribution < 1.29 is 17.1 Å². The number of aromatic nitrogens is 1. The molecule has 2 aromatic carbocycles. The average Bonchev–Trinajstić information content (AvgIpc) is 3.07. The molecule has 3 rings (SSSR count). The predicted octanol–water partition coefficient (Wildman–Crippen LogP) is 3.17. The number of sulfonamides is 1. The molecule has 1 unspecified atom stereocenters. The van der Waals surface area contributed by atoms with E-state index in [2.05, 4.69) is 5.16 Å². The molecule has 0 saturated carbocycles. The Labute approximate surface area is 154 Å². The van der Waals surface area contributed by atoms with Gasteiger partial charge in [-0.2, -0.15) is 0 Å². The minimum absolute atomic E-state index is 0.00944. The summed E-state index contributed by atoms with van der Waals surface area (Å²) in [6, 6.07) is 15.5. The molecular formula is C18H18N2O4S2. The summed E-state index contributed by atoms with van der Waals surface area (Å²) >= 11 is 0. The molecule has 6 nitrogen and oxygen atoms in total. The molecule has 1 heterocycles. The van der Waals surface area contributed by atoms with E-state index in [4.69, 9.17) is 9.66 Å². The molecule has 0 bridgehead atoms. The highest BCUT2D eigenvalue weighted by molar-refractivity contribution is 7.89. The molecule has 0 aliphatic heterocycles. The summed E-state index contributed by atoms with van der Waals surface area (Å²) in [5.41, 5.74) is 2.65. The van der Waals surface area contributed by atoms with Crippen LogP contribution in [0.15, 0.2) is 69.1 Å². The molecule has 1 atom stereocenters. The summed E-state index contributed by atoms with van der Waals surface area (Å²) in [5, 5.41) is 9.57. The van der Waals surface area contributed by atoms with Gasteiger partial charge in [0.05, 0.1) is 21.3 Å². The van der Waals surface area contributed by atoms with Gasteiger partial charge in [0.15, 0.2) is 0 Å². The second-order valence-electron chi connectivity index (χ2n) is 5.68. The van der Waals surface area contributed by atoms with Crippen molar-refractivity contribution in [1.82, 2.24) is 5.16 Å². The molecule has 1 aromatic heterocycles. The van der Waals surface area contributed by atoms with E-state index in [0.29, 0.717) is 22.6 Å². The molecule has 26 heavy (non-hydrogen) atoms. The molecule has 0 aliphatic carbocycles. The standard InChI is InChI=1S/C18H18N2O4S2/c1-2-12-25(21)18-16(13-8-10-15(11-9-13)26(19,22)23)17(20-24-18)14-6-4-3-5-7-14/h3-11H,2,12H2,1H3,(H2,19,22,23). The Kier molecular flexibility index (Phi) is 5.36. The lowest BCUT2D eigenvalue weighted by Crippen LogP contribution is -2.11. The topological polar surface area (TPSA) is 103 Å². The third-order valence-corrected chi connectivity index (χ3v) is 6.18. The molecular weight excluding hydrogens is 372 g/mol. The van der Waals surface area contributed by atoms with Gasteiger partial charge in [0.25, 0.3) is 0 Å². The van der Waals surface area contributed by atoms with Crippen LogP contribution >= 0.6 is 0 Å². The van der Waals surface area contributed by atoms with E-state index in [1.54, 1.807) is 12.1 Å². The fourth-order valence-corrected chi connectivity index (χ4v) is 4.20. The van der Waals surface area contributed by atoms with E-state index in [1.807, 2.05) is 37.3 Å². The van der Waals surface area contributed by atoms with E-state index in [0.717, 1.165) is 12.0 Å². The van der Waals surface area contributed by atoms with Crippen LogP contribution in [0, 0.1) is 0 Å². The predicted molar refractivity (Wildman–Crippen MR) is 100 cm³/mol. The second-order valence-corrected chi connectivity index (χ2v) is 8.71. The van der Waals surface area contributed by atoms with Crippen molar-refractivity contribution in [2.75, 3.05) is 5.75 Å². The van der Waals surface area contributed by atoms with Gasteiger partial charge < -0.3 is 4.52 Å². The summed E-state index contributed by atoms with van der Waals surface area (Å²) < 4.78 is 40.9. The first-order valence-electron chi connectivity index (χ1n) is 7.98. The van der Waals surface area contributed by atoms with Gasteiger partial charge in [-0.15, -0.1) is 0 Å². The van der Waals surface area contributed by atoms with Crippen LogP contribution in [0.1, 0.15) is 13.3 Å². The molecule has 3 aromatic rings. The van der Waals surface area contributed by atoms with Crippen LogP contribution in [0.4, 0.5) is 0 Å². The van der Waals surface area contributed by atoms with Gasteiger partial charge in [-0.3, -0.25) is 4.21 Å². The fraction of sp³-hybridized carbons (Fsp3) is 0.167. The Balaban J connectivity index is 2.17. The summed E-state index contributed by atoms with van der Waals surface area (Å²) in [6.45, 7) is 1.94. The van der Waals surface area contributed by atoms with Crippen molar-refractivity contribution in [3.63, 3.8) is 0 Å². The van der Waals surface area contributed by atoms with Crippen molar-refractivity contribution in [3.05, 3.63) is 54.6 Å². The lowest BCUT2D eigenvalue weighted by Gasteiger charge is -2.06. The number of nitrogens with two attached hydrogens (primary N) is 1. The minimum Gasteiger partial charge on any atom is -0.346 e. The Bertz CT molecular complexity index is 1030. The molecule has 0 radical (unpaired) electrons. The molecule has 136 valence electrons. The summed E-state index contributed by atoms with van der Waals surface area (Å²) in [7, 11) is -5.13. The molecule has 0 fully saturated rings. The van der Waals surface area contributed by atoms with E-state index in [1.165, 1.54) is 12.1 Å². The second kappa shape index (κ2) is 7.53. The Morgan fingerprint density at radius 2 is 1.69 bits per heavy atom. The SMILES string of the molecule is CCCS(=O)c1onc(-c2ccccc2)c1-c1ccc(S(N)(=O)=O)cc1. The number of nitrogens with zero attached hydrogens (tertiary/aromatic N) is 1. The largest absolute Gasteiger partial charge is 0.346 e. The van der Waals surface area contributed by atoms with E-state index >= 15 is 0 Å². The first-order valence-corrected chi connectivity index (χ1v) is 10.8. The van der Waals surface area contributed by atoms with Gasteiger partial charge in [0, 0.05) is 11.3 Å². The van der Waals surface area contributed by atoms with Crippen molar-refractivity contribution >= 4 is 20.8 Å². The summed E-state index contributed by atoms with van der Waals surface area (Å²) in [6.07, 6.45) is 0.734. The highest BCUT2D eigenvalue weighted by Crippen LogP contribution is 2.36. The third-order valence-electron chi connectivity index (χ3n) is 3.78. The number of rotatable bonds is 6. The maximum Gasteiger partial charge on any atom is 0.238 e. The Morgan fingerprint density at radius 3 is 2.27 bits per heavy atom. The lowest BCUT2D eigenvalue weighted by molar-refractivity contribution is 0.348. The van der Waals surface area contributed by atoms with Gasteiger partial charge in [0.2, 0.25) is 15.1 Å². The fourth-order valence-electron chi connectivity index (χ4n) is 2.57. The summed E-state index contributed by atoms with van der Waals surface area (Å²) in [5.74, 6) is 0.450. The number of primary sulfonamides is 1. The minimum atomic E-state index is -3.78. The van der Waals surface area contributed by atoms with Gasteiger partial charge in [-0.05, 0) is 24.1 Å². The lowest BCUT2D eigenvalue weighted by atomic mass is 10.0. The highest BCUT2D eigenvalue weighted by Gasteiger charge is 2.23. The van der Waals surface area contributed by atoms with Crippen molar-refractivity contribution in [3.8, 4) is 22.4 Å². The van der Waals surface area contributed by atoms with Crippen LogP contribution in [0.5, 0.6) is 0 Å². The van der Waals surface area contributed by atoms with Crippen molar-refractivity contribution in [1.29, 1.82) is 0 Å². The van der Waals surface area contributed by atoms with Crippen LogP contribution < -0.4 is 5.14 Å². The van der Waals surface area contributed by atoms with Gasteiger partial charge >= 0.3 is 0 Å². The zero-order valence-corrected chi connectivity index (χ0v) is 15.7. The van der Waals surface area contributed by atoms with E-state index in [-0.39, 0.29) is 9.99 Å². The Morgan fingerprint density at radius 1 is 1.04 bits per heavy atom. The van der Waals surface area contributed by atoms with Gasteiger partial charge in [0.1, 0.15) is 5.69 Å². The summed E-state index contributed by atoms with van der Waals surface area (Å²) in [4.78, 5) is 0.00944. The van der Waals surface area contributed by atoms with Gasteiger partial charge in [-0.25, -0.2) is 13.6 Å². The van der Waals surface area contributed by atoms with Crippen molar-refractivity contribution in [2.45, 2.75) is 23.3 Å². The highest BCUT2D eigenvalue weighted by atomic mass is 32.2. The monoisotopic (exact) mass is 390 g/mol. The number of hydrogen-bond donors (Lipinski definition) is 1. The normalized spacial score (nSPS) is 12.8. The van der Waals surface area contributed by atoms with Crippen LogP contribution in [0.2, 0.25) is 0 Å². The first kappa shape index (κ1) is 18.5. The quantitative estimate of drug-likeness (QED) is 0.696. The zero-order valence-electron chi connectivity index (χ0n) is 14.1. The zero-order chi connectivity index (χ0) is 18.7. The molecule has 0 amide bonds. The molecule has 0 spiro atoms. The smallest absolute Gasteiger partial charge is 0.238 e. The van der Waals surface area contributed by atoms with Crippen LogP contribution in [0.25, 0.3) is 22.4 Å². The maximum atomic E-state index is 12.6. The molecule has 2 N–H and O–H groups in total.